The summed E-state index contributed by atoms with van der Waals surface area (Å²) in [5.74, 6) is -4.44. The van der Waals surface area contributed by atoms with Crippen molar-refractivity contribution in [1.82, 2.24) is 4.98 Å². The van der Waals surface area contributed by atoms with Crippen molar-refractivity contribution >= 4 is 17.3 Å². The van der Waals surface area contributed by atoms with Gasteiger partial charge in [0.25, 0.3) is 5.69 Å². The van der Waals surface area contributed by atoms with Gasteiger partial charge in [0.1, 0.15) is 11.6 Å². The fraction of sp³-hybridized carbons (Fsp3) is 0.500. The van der Waals surface area contributed by atoms with Gasteiger partial charge in [-0.1, -0.05) is 0 Å². The Morgan fingerprint density at radius 2 is 1.90 bits per heavy atom. The number of aromatic nitrogens is 1. The van der Waals surface area contributed by atoms with Gasteiger partial charge < -0.3 is 10.6 Å². The van der Waals surface area contributed by atoms with Crippen LogP contribution in [0.5, 0.6) is 0 Å². The SMILES string of the molecule is CCNc1cc([N+](=O)[O-])cc(NCC(F)(F)C(F)F)n1. The van der Waals surface area contributed by atoms with Crippen molar-refractivity contribution in [2.45, 2.75) is 19.3 Å². The van der Waals surface area contributed by atoms with Crippen molar-refractivity contribution in [3.63, 3.8) is 0 Å². The van der Waals surface area contributed by atoms with Crippen molar-refractivity contribution in [1.29, 1.82) is 0 Å². The summed E-state index contributed by atoms with van der Waals surface area (Å²) in [5, 5.41) is 15.3. The second-order valence-electron chi connectivity index (χ2n) is 3.80. The highest BCUT2D eigenvalue weighted by molar-refractivity contribution is 5.54. The maximum atomic E-state index is 12.7. The molecule has 0 spiro atoms. The van der Waals surface area contributed by atoms with Crippen molar-refractivity contribution in [2.75, 3.05) is 23.7 Å². The second-order valence-corrected chi connectivity index (χ2v) is 3.80. The molecule has 0 aliphatic heterocycles. The van der Waals surface area contributed by atoms with E-state index in [0.717, 1.165) is 12.1 Å². The largest absolute Gasteiger partial charge is 0.370 e. The number of anilines is 2. The average Bonchev–Trinajstić information content (AvgIpc) is 2.36. The minimum atomic E-state index is -4.25. The first kappa shape index (κ1) is 15.9. The lowest BCUT2D eigenvalue weighted by Gasteiger charge is -2.16. The quantitative estimate of drug-likeness (QED) is 0.459. The standard InChI is InChI=1S/C10H12F4N4O2/c1-2-15-7-3-6(18(19)20)4-8(17-7)16-5-10(13,14)9(11)12/h3-4,9H,2,5H2,1H3,(H2,15,16,17). The molecule has 6 nitrogen and oxygen atoms in total. The molecule has 0 fully saturated rings. The van der Waals surface area contributed by atoms with E-state index in [1.54, 1.807) is 6.92 Å². The predicted octanol–water partition coefficient (Wildman–Crippen LogP) is 2.73. The fourth-order valence-electron chi connectivity index (χ4n) is 1.27. The van der Waals surface area contributed by atoms with Crippen LogP contribution >= 0.6 is 0 Å². The normalized spacial score (nSPS) is 11.5. The van der Waals surface area contributed by atoms with E-state index in [1.807, 2.05) is 5.32 Å². The minimum Gasteiger partial charge on any atom is -0.370 e. The number of nitrogens with zero attached hydrogens (tertiary/aromatic N) is 2. The monoisotopic (exact) mass is 296 g/mol. The third kappa shape index (κ3) is 4.21. The Kier molecular flexibility index (Phi) is 5.06. The molecule has 20 heavy (non-hydrogen) atoms. The fourth-order valence-corrected chi connectivity index (χ4v) is 1.27. The van der Waals surface area contributed by atoms with Gasteiger partial charge in [0, 0.05) is 6.54 Å². The zero-order valence-electron chi connectivity index (χ0n) is 10.4. The maximum Gasteiger partial charge on any atom is 0.324 e. The molecule has 1 aromatic rings. The number of halogens is 4. The first-order valence-corrected chi connectivity index (χ1v) is 5.56. The van der Waals surface area contributed by atoms with E-state index >= 15 is 0 Å². The molecule has 10 heteroatoms. The molecule has 0 bridgehead atoms. The van der Waals surface area contributed by atoms with Crippen molar-refractivity contribution in [2.24, 2.45) is 0 Å². The van der Waals surface area contributed by atoms with Gasteiger partial charge in [0.2, 0.25) is 0 Å². The molecule has 0 atom stereocenters. The molecule has 1 aromatic heterocycles. The molecule has 1 heterocycles. The Labute approximate surface area is 111 Å². The van der Waals surface area contributed by atoms with E-state index in [2.05, 4.69) is 10.3 Å². The number of rotatable bonds is 7. The van der Waals surface area contributed by atoms with Gasteiger partial charge >= 0.3 is 12.3 Å². The number of alkyl halides is 4. The molecule has 0 radical (unpaired) electrons. The first-order chi connectivity index (χ1) is 9.26. The third-order valence-corrected chi connectivity index (χ3v) is 2.20. The van der Waals surface area contributed by atoms with E-state index in [0.29, 0.717) is 6.54 Å². The van der Waals surface area contributed by atoms with Crippen LogP contribution in [-0.4, -0.2) is 35.3 Å². The van der Waals surface area contributed by atoms with Crippen LogP contribution in [0.3, 0.4) is 0 Å². The summed E-state index contributed by atoms with van der Waals surface area (Å²) in [6.07, 6.45) is -3.83. The Morgan fingerprint density at radius 1 is 1.35 bits per heavy atom. The number of hydrogen-bond acceptors (Lipinski definition) is 5. The van der Waals surface area contributed by atoms with Crippen LogP contribution in [0, 0.1) is 10.1 Å². The molecule has 0 saturated carbocycles. The van der Waals surface area contributed by atoms with Crippen molar-refractivity contribution in [3.8, 4) is 0 Å². The van der Waals surface area contributed by atoms with Crippen LogP contribution in [0.1, 0.15) is 6.92 Å². The number of pyridine rings is 1. The summed E-state index contributed by atoms with van der Waals surface area (Å²) in [6.45, 7) is 0.740. The zero-order valence-corrected chi connectivity index (χ0v) is 10.4. The van der Waals surface area contributed by atoms with Crippen LogP contribution in [-0.2, 0) is 0 Å². The molecule has 0 saturated heterocycles. The molecular weight excluding hydrogens is 284 g/mol. The summed E-state index contributed by atoms with van der Waals surface area (Å²) in [5.41, 5.74) is -0.390. The Bertz CT molecular complexity index is 484. The van der Waals surface area contributed by atoms with Gasteiger partial charge in [-0.15, -0.1) is 0 Å². The average molecular weight is 296 g/mol. The van der Waals surface area contributed by atoms with E-state index in [1.165, 1.54) is 0 Å². The third-order valence-electron chi connectivity index (χ3n) is 2.20. The predicted molar refractivity (Wildman–Crippen MR) is 64.5 cm³/mol. The lowest BCUT2D eigenvalue weighted by molar-refractivity contribution is -0.384. The molecule has 0 aliphatic carbocycles. The van der Waals surface area contributed by atoms with Gasteiger partial charge in [-0.3, -0.25) is 10.1 Å². The lowest BCUT2D eigenvalue weighted by atomic mass is 10.3. The van der Waals surface area contributed by atoms with Crippen LogP contribution in [0.2, 0.25) is 0 Å². The Balaban J connectivity index is 2.91. The summed E-state index contributed by atoms with van der Waals surface area (Å²) in [6, 6.07) is 2.00. The summed E-state index contributed by atoms with van der Waals surface area (Å²) < 4.78 is 49.5. The smallest absolute Gasteiger partial charge is 0.324 e. The highest BCUT2D eigenvalue weighted by Crippen LogP contribution is 2.25. The van der Waals surface area contributed by atoms with Gasteiger partial charge in [0.05, 0.1) is 23.6 Å². The number of hydrogen-bond donors (Lipinski definition) is 2. The minimum absolute atomic E-state index is 0.0876. The van der Waals surface area contributed by atoms with E-state index in [4.69, 9.17) is 0 Å². The molecule has 1 rings (SSSR count). The summed E-state index contributed by atoms with van der Waals surface area (Å²) in [7, 11) is 0. The molecule has 2 N–H and O–H groups in total. The van der Waals surface area contributed by atoms with Crippen LogP contribution in [0.15, 0.2) is 12.1 Å². The van der Waals surface area contributed by atoms with Gasteiger partial charge in [-0.05, 0) is 6.92 Å². The van der Waals surface area contributed by atoms with Gasteiger partial charge in [0.15, 0.2) is 0 Å². The molecule has 0 aliphatic rings. The van der Waals surface area contributed by atoms with Gasteiger partial charge in [-0.2, -0.15) is 8.78 Å². The van der Waals surface area contributed by atoms with E-state index in [-0.39, 0.29) is 17.3 Å². The van der Waals surface area contributed by atoms with Crippen molar-refractivity contribution in [3.05, 3.63) is 22.2 Å². The Hall–Kier alpha value is -2.13. The van der Waals surface area contributed by atoms with Crippen LogP contribution in [0.25, 0.3) is 0 Å². The molecule has 0 aromatic carbocycles. The number of nitrogens with one attached hydrogen (secondary N) is 2. The topological polar surface area (TPSA) is 80.1 Å². The van der Waals surface area contributed by atoms with E-state index in [9.17, 15) is 27.7 Å². The highest BCUT2D eigenvalue weighted by Gasteiger charge is 2.40. The number of nitro groups is 1. The molecule has 0 amide bonds. The van der Waals surface area contributed by atoms with Crippen molar-refractivity contribution < 1.29 is 22.5 Å². The first-order valence-electron chi connectivity index (χ1n) is 5.56. The Morgan fingerprint density at radius 3 is 2.35 bits per heavy atom. The lowest BCUT2D eigenvalue weighted by Crippen LogP contribution is -2.35. The van der Waals surface area contributed by atoms with Crippen LogP contribution < -0.4 is 10.6 Å². The molecule has 0 unspecified atom stereocenters. The molecule has 112 valence electrons. The maximum absolute atomic E-state index is 12.7. The summed E-state index contributed by atoms with van der Waals surface area (Å²) >= 11 is 0. The zero-order chi connectivity index (χ0) is 15.3. The highest BCUT2D eigenvalue weighted by atomic mass is 19.3. The second kappa shape index (κ2) is 6.35. The van der Waals surface area contributed by atoms with Gasteiger partial charge in [-0.25, -0.2) is 13.8 Å². The van der Waals surface area contributed by atoms with E-state index < -0.39 is 23.8 Å². The summed E-state index contributed by atoms with van der Waals surface area (Å²) in [4.78, 5) is 13.7. The van der Waals surface area contributed by atoms with Crippen LogP contribution in [0.4, 0.5) is 34.9 Å². The molecular formula is C10H12F4N4O2.